The molecular formula is C14H10ClNO3S. The summed E-state index contributed by atoms with van der Waals surface area (Å²) in [5.74, 6) is 0.596. The lowest BCUT2D eigenvalue weighted by Gasteiger charge is -2.06. The maximum atomic E-state index is 11.0. The maximum Gasteiger partial charge on any atom is 0.270 e. The monoisotopic (exact) mass is 307 g/mol. The van der Waals surface area contributed by atoms with Gasteiger partial charge >= 0.3 is 0 Å². The molecule has 0 spiro atoms. The number of rotatable bonds is 5. The zero-order chi connectivity index (χ0) is 14.5. The lowest BCUT2D eigenvalue weighted by molar-refractivity contribution is -0.384. The van der Waals surface area contributed by atoms with E-state index in [2.05, 4.69) is 0 Å². The SMILES string of the molecule is O=Cc1cc([N+](=O)[O-])ccc1SCc1ccccc1Cl. The van der Waals surface area contributed by atoms with Crippen molar-refractivity contribution in [2.45, 2.75) is 10.6 Å². The summed E-state index contributed by atoms with van der Waals surface area (Å²) in [6, 6.07) is 11.7. The van der Waals surface area contributed by atoms with Crippen molar-refractivity contribution in [3.63, 3.8) is 0 Å². The average Bonchev–Trinajstić information content (AvgIpc) is 2.46. The lowest BCUT2D eigenvalue weighted by atomic mass is 10.2. The number of halogens is 1. The molecule has 0 aliphatic heterocycles. The van der Waals surface area contributed by atoms with Gasteiger partial charge in [-0.15, -0.1) is 11.8 Å². The molecule has 0 radical (unpaired) electrons. The highest BCUT2D eigenvalue weighted by molar-refractivity contribution is 7.98. The van der Waals surface area contributed by atoms with Gasteiger partial charge in [0.05, 0.1) is 4.92 Å². The number of aldehydes is 1. The predicted octanol–water partition coefficient (Wildman–Crippen LogP) is 4.35. The van der Waals surface area contributed by atoms with Crippen molar-refractivity contribution in [1.29, 1.82) is 0 Å². The average molecular weight is 308 g/mol. The Morgan fingerprint density at radius 3 is 2.65 bits per heavy atom. The highest BCUT2D eigenvalue weighted by atomic mass is 35.5. The van der Waals surface area contributed by atoms with Crippen molar-refractivity contribution in [3.05, 3.63) is 68.7 Å². The molecule has 6 heteroatoms. The summed E-state index contributed by atoms with van der Waals surface area (Å²) in [4.78, 5) is 21.9. The van der Waals surface area contributed by atoms with Gasteiger partial charge < -0.3 is 0 Å². The molecule has 0 amide bonds. The zero-order valence-corrected chi connectivity index (χ0v) is 11.9. The fourth-order valence-electron chi connectivity index (χ4n) is 1.64. The molecule has 2 rings (SSSR count). The Hall–Kier alpha value is -1.85. The summed E-state index contributed by atoms with van der Waals surface area (Å²) in [6.07, 6.45) is 0.627. The number of hydrogen-bond acceptors (Lipinski definition) is 4. The van der Waals surface area contributed by atoms with Gasteiger partial charge in [0.15, 0.2) is 6.29 Å². The van der Waals surface area contributed by atoms with Crippen LogP contribution in [0.2, 0.25) is 5.02 Å². The molecule has 0 saturated heterocycles. The summed E-state index contributed by atoms with van der Waals surface area (Å²) in [6.45, 7) is 0. The molecule has 0 aliphatic carbocycles. The van der Waals surface area contributed by atoms with Crippen LogP contribution in [0, 0.1) is 10.1 Å². The van der Waals surface area contributed by atoms with Gasteiger partial charge in [0.2, 0.25) is 0 Å². The molecule has 0 aromatic heterocycles. The molecule has 0 unspecified atom stereocenters. The number of nitrogens with zero attached hydrogens (tertiary/aromatic N) is 1. The Kier molecular flexibility index (Phi) is 4.76. The third-order valence-corrected chi connectivity index (χ3v) is 4.18. The number of carbonyl (C=O) groups is 1. The molecule has 0 aliphatic rings. The van der Waals surface area contributed by atoms with Crippen LogP contribution in [-0.4, -0.2) is 11.2 Å². The molecule has 0 saturated carbocycles. The highest BCUT2D eigenvalue weighted by Gasteiger charge is 2.11. The third kappa shape index (κ3) is 3.37. The Labute approximate surface area is 124 Å². The first-order valence-corrected chi connectivity index (χ1v) is 7.08. The van der Waals surface area contributed by atoms with E-state index in [0.717, 1.165) is 5.56 Å². The van der Waals surface area contributed by atoms with Crippen LogP contribution in [-0.2, 0) is 5.75 Å². The Balaban J connectivity index is 2.19. The van der Waals surface area contributed by atoms with Crippen LogP contribution in [0.25, 0.3) is 0 Å². The van der Waals surface area contributed by atoms with Crippen LogP contribution in [0.4, 0.5) is 5.69 Å². The second kappa shape index (κ2) is 6.54. The molecule has 0 N–H and O–H groups in total. The number of thioether (sulfide) groups is 1. The minimum atomic E-state index is -0.518. The molecule has 0 bridgehead atoms. The van der Waals surface area contributed by atoms with E-state index in [4.69, 9.17) is 11.6 Å². The highest BCUT2D eigenvalue weighted by Crippen LogP contribution is 2.30. The van der Waals surface area contributed by atoms with E-state index >= 15 is 0 Å². The van der Waals surface area contributed by atoms with Crippen LogP contribution >= 0.6 is 23.4 Å². The van der Waals surface area contributed by atoms with Gasteiger partial charge in [-0.05, 0) is 17.7 Å². The van der Waals surface area contributed by atoms with E-state index in [9.17, 15) is 14.9 Å². The van der Waals surface area contributed by atoms with Gasteiger partial charge in [-0.25, -0.2) is 0 Å². The first kappa shape index (κ1) is 14.6. The number of non-ortho nitro benzene ring substituents is 1. The Morgan fingerprint density at radius 1 is 1.25 bits per heavy atom. The second-order valence-corrected chi connectivity index (χ2v) is 5.40. The molecule has 0 heterocycles. The fraction of sp³-hybridized carbons (Fsp3) is 0.0714. The minimum Gasteiger partial charge on any atom is -0.298 e. The topological polar surface area (TPSA) is 60.2 Å². The van der Waals surface area contributed by atoms with Crippen LogP contribution in [0.15, 0.2) is 47.4 Å². The molecule has 0 atom stereocenters. The first-order valence-electron chi connectivity index (χ1n) is 5.71. The molecule has 2 aromatic carbocycles. The zero-order valence-electron chi connectivity index (χ0n) is 10.3. The molecule has 102 valence electrons. The normalized spacial score (nSPS) is 10.2. The van der Waals surface area contributed by atoms with E-state index in [0.29, 0.717) is 27.5 Å². The lowest BCUT2D eigenvalue weighted by Crippen LogP contribution is -1.92. The van der Waals surface area contributed by atoms with E-state index in [1.54, 1.807) is 12.1 Å². The van der Waals surface area contributed by atoms with Crippen molar-refractivity contribution in [1.82, 2.24) is 0 Å². The van der Waals surface area contributed by atoms with Gasteiger partial charge in [-0.1, -0.05) is 29.8 Å². The van der Waals surface area contributed by atoms with E-state index in [1.165, 1.54) is 23.9 Å². The van der Waals surface area contributed by atoms with Crippen molar-refractivity contribution < 1.29 is 9.72 Å². The number of benzene rings is 2. The standard InChI is InChI=1S/C14H10ClNO3S/c15-13-4-2-1-3-10(13)9-20-14-6-5-12(16(18)19)7-11(14)8-17/h1-8H,9H2. The number of nitro groups is 1. The second-order valence-electron chi connectivity index (χ2n) is 3.98. The molecule has 0 fully saturated rings. The first-order chi connectivity index (χ1) is 9.61. The van der Waals surface area contributed by atoms with Crippen LogP contribution in [0.1, 0.15) is 15.9 Å². The van der Waals surface area contributed by atoms with E-state index in [1.807, 2.05) is 18.2 Å². The third-order valence-electron chi connectivity index (χ3n) is 2.67. The van der Waals surface area contributed by atoms with Crippen molar-refractivity contribution in [2.24, 2.45) is 0 Å². The molecule has 2 aromatic rings. The summed E-state index contributed by atoms with van der Waals surface area (Å²) in [5.41, 5.74) is 1.18. The number of hydrogen-bond donors (Lipinski definition) is 0. The fourth-order valence-corrected chi connectivity index (χ4v) is 2.93. The summed E-state index contributed by atoms with van der Waals surface area (Å²) in [7, 11) is 0. The van der Waals surface area contributed by atoms with Crippen molar-refractivity contribution in [2.75, 3.05) is 0 Å². The van der Waals surface area contributed by atoms with Gasteiger partial charge in [0, 0.05) is 33.4 Å². The van der Waals surface area contributed by atoms with Crippen LogP contribution in [0.5, 0.6) is 0 Å². The van der Waals surface area contributed by atoms with E-state index in [-0.39, 0.29) is 5.69 Å². The summed E-state index contributed by atoms with van der Waals surface area (Å²) in [5, 5.41) is 11.3. The largest absolute Gasteiger partial charge is 0.298 e. The quantitative estimate of drug-likeness (QED) is 0.356. The molecule has 4 nitrogen and oxygen atoms in total. The number of carbonyl (C=O) groups excluding carboxylic acids is 1. The number of nitro benzene ring substituents is 1. The summed E-state index contributed by atoms with van der Waals surface area (Å²) >= 11 is 7.48. The van der Waals surface area contributed by atoms with Gasteiger partial charge in [-0.2, -0.15) is 0 Å². The van der Waals surface area contributed by atoms with Crippen LogP contribution in [0.3, 0.4) is 0 Å². The van der Waals surface area contributed by atoms with Gasteiger partial charge in [0.25, 0.3) is 5.69 Å². The Morgan fingerprint density at radius 2 is 2.00 bits per heavy atom. The Bertz CT molecular complexity index is 661. The molecular weight excluding hydrogens is 298 g/mol. The summed E-state index contributed by atoms with van der Waals surface area (Å²) < 4.78 is 0. The minimum absolute atomic E-state index is 0.0887. The van der Waals surface area contributed by atoms with Crippen molar-refractivity contribution >= 4 is 35.3 Å². The van der Waals surface area contributed by atoms with Crippen molar-refractivity contribution in [3.8, 4) is 0 Å². The molecule has 20 heavy (non-hydrogen) atoms. The van der Waals surface area contributed by atoms with Gasteiger partial charge in [-0.3, -0.25) is 14.9 Å². The van der Waals surface area contributed by atoms with Crippen LogP contribution < -0.4 is 0 Å². The smallest absolute Gasteiger partial charge is 0.270 e. The maximum absolute atomic E-state index is 11.0. The van der Waals surface area contributed by atoms with Gasteiger partial charge in [0.1, 0.15) is 0 Å². The van der Waals surface area contributed by atoms with E-state index < -0.39 is 4.92 Å². The predicted molar refractivity (Wildman–Crippen MR) is 79.5 cm³/mol.